The SMILES string of the molecule is Cc1cccc2[nH]c3c(c12)C[C@@H]1[C@H](O)CC[C@H]3N1Cc1ccccc1. The van der Waals surface area contributed by atoms with E-state index in [2.05, 4.69) is 65.3 Å². The lowest BCUT2D eigenvalue weighted by molar-refractivity contribution is -0.0368. The van der Waals surface area contributed by atoms with Gasteiger partial charge in [-0.15, -0.1) is 0 Å². The summed E-state index contributed by atoms with van der Waals surface area (Å²) in [5.74, 6) is 0. The number of rotatable bonds is 2. The van der Waals surface area contributed by atoms with Crippen molar-refractivity contribution in [2.45, 2.75) is 50.9 Å². The second-order valence-electron chi connectivity index (χ2n) is 7.60. The molecule has 128 valence electrons. The Hall–Kier alpha value is -2.10. The van der Waals surface area contributed by atoms with Crippen molar-refractivity contribution in [3.63, 3.8) is 0 Å². The molecule has 5 rings (SSSR count). The Bertz CT molecular complexity index is 914. The zero-order valence-corrected chi connectivity index (χ0v) is 14.6. The molecule has 0 spiro atoms. The normalized spacial score (nSPS) is 25.9. The van der Waals surface area contributed by atoms with E-state index in [4.69, 9.17) is 0 Å². The van der Waals surface area contributed by atoms with Crippen LogP contribution in [0.15, 0.2) is 48.5 Å². The van der Waals surface area contributed by atoms with Crippen molar-refractivity contribution in [1.82, 2.24) is 9.88 Å². The molecule has 3 heterocycles. The van der Waals surface area contributed by atoms with Crippen molar-refractivity contribution < 1.29 is 5.11 Å². The quantitative estimate of drug-likeness (QED) is 0.742. The predicted molar refractivity (Wildman–Crippen MR) is 100 cm³/mol. The number of aromatic nitrogens is 1. The molecule has 3 nitrogen and oxygen atoms in total. The second kappa shape index (κ2) is 5.72. The highest BCUT2D eigenvalue weighted by Crippen LogP contribution is 2.45. The Morgan fingerprint density at radius 3 is 2.76 bits per heavy atom. The Labute approximate surface area is 148 Å². The minimum atomic E-state index is -0.234. The molecule has 1 aromatic heterocycles. The lowest BCUT2D eigenvalue weighted by atomic mass is 9.80. The van der Waals surface area contributed by atoms with Crippen LogP contribution in [0.2, 0.25) is 0 Å². The lowest BCUT2D eigenvalue weighted by Crippen LogP contribution is -2.53. The number of aliphatic hydroxyl groups excluding tert-OH is 1. The van der Waals surface area contributed by atoms with Gasteiger partial charge in [0.2, 0.25) is 0 Å². The summed E-state index contributed by atoms with van der Waals surface area (Å²) in [6.07, 6.45) is 2.62. The highest BCUT2D eigenvalue weighted by atomic mass is 16.3. The topological polar surface area (TPSA) is 39.3 Å². The van der Waals surface area contributed by atoms with Gasteiger partial charge in [0.15, 0.2) is 0 Å². The highest BCUT2D eigenvalue weighted by Gasteiger charge is 2.43. The summed E-state index contributed by atoms with van der Waals surface area (Å²) in [5.41, 5.74) is 6.71. The van der Waals surface area contributed by atoms with Crippen LogP contribution in [0.3, 0.4) is 0 Å². The molecule has 0 unspecified atom stereocenters. The summed E-state index contributed by atoms with van der Waals surface area (Å²) in [4.78, 5) is 6.24. The van der Waals surface area contributed by atoms with Crippen molar-refractivity contribution in [2.24, 2.45) is 0 Å². The Morgan fingerprint density at radius 1 is 1.08 bits per heavy atom. The van der Waals surface area contributed by atoms with Gasteiger partial charge in [0.25, 0.3) is 0 Å². The maximum absolute atomic E-state index is 10.7. The van der Waals surface area contributed by atoms with Crippen LogP contribution >= 0.6 is 0 Å². The lowest BCUT2D eigenvalue weighted by Gasteiger charge is -2.48. The number of nitrogens with one attached hydrogen (secondary N) is 1. The number of fused-ring (bicyclic) bond motifs is 6. The standard InChI is InChI=1S/C22H24N2O/c1-14-6-5-9-17-21(14)16-12-19-20(25)11-10-18(22(16)23-17)24(19)13-15-7-3-2-4-8-15/h2-9,18-20,23,25H,10-13H2,1H3/t18-,19-,20-/m1/s1. The molecule has 0 amide bonds. The first-order valence-corrected chi connectivity index (χ1v) is 9.30. The van der Waals surface area contributed by atoms with Crippen LogP contribution in [-0.2, 0) is 13.0 Å². The van der Waals surface area contributed by atoms with Crippen LogP contribution in [0.25, 0.3) is 10.9 Å². The summed E-state index contributed by atoms with van der Waals surface area (Å²) in [5, 5.41) is 12.1. The third-order valence-electron chi connectivity index (χ3n) is 6.13. The van der Waals surface area contributed by atoms with Crippen molar-refractivity contribution >= 4 is 10.9 Å². The number of piperidine rings is 1. The Morgan fingerprint density at radius 2 is 1.92 bits per heavy atom. The molecule has 0 saturated carbocycles. The molecular weight excluding hydrogens is 308 g/mol. The molecule has 3 heteroatoms. The molecule has 2 aromatic carbocycles. The predicted octanol–water partition coefficient (Wildman–Crippen LogP) is 4.10. The average Bonchev–Trinajstić information content (AvgIpc) is 2.99. The summed E-state index contributed by atoms with van der Waals surface area (Å²) in [6.45, 7) is 3.10. The number of H-pyrrole nitrogens is 1. The van der Waals surface area contributed by atoms with Crippen molar-refractivity contribution in [3.8, 4) is 0 Å². The minimum absolute atomic E-state index is 0.213. The molecule has 0 aliphatic carbocycles. The molecule has 1 fully saturated rings. The van der Waals surface area contributed by atoms with Crippen molar-refractivity contribution in [3.05, 3.63) is 70.9 Å². The summed E-state index contributed by atoms with van der Waals surface area (Å²) in [6, 6.07) is 17.7. The fraction of sp³-hybridized carbons (Fsp3) is 0.364. The van der Waals surface area contributed by atoms with E-state index in [1.807, 2.05) is 0 Å². The van der Waals surface area contributed by atoms with E-state index in [-0.39, 0.29) is 12.1 Å². The molecule has 2 bridgehead atoms. The van der Waals surface area contributed by atoms with E-state index in [0.717, 1.165) is 25.8 Å². The van der Waals surface area contributed by atoms with E-state index in [0.29, 0.717) is 6.04 Å². The van der Waals surface area contributed by atoms with E-state index in [1.165, 1.54) is 33.3 Å². The first-order valence-electron chi connectivity index (χ1n) is 9.30. The molecule has 2 aliphatic rings. The van der Waals surface area contributed by atoms with E-state index in [1.54, 1.807) is 0 Å². The summed E-state index contributed by atoms with van der Waals surface area (Å²) < 4.78 is 0. The molecule has 3 aromatic rings. The third kappa shape index (κ3) is 2.34. The third-order valence-corrected chi connectivity index (χ3v) is 6.13. The van der Waals surface area contributed by atoms with Crippen molar-refractivity contribution in [2.75, 3.05) is 0 Å². The largest absolute Gasteiger partial charge is 0.391 e. The van der Waals surface area contributed by atoms with Gasteiger partial charge in [-0.1, -0.05) is 42.5 Å². The molecule has 1 saturated heterocycles. The number of aliphatic hydroxyl groups is 1. The number of benzene rings is 2. The van der Waals surface area contributed by atoms with Gasteiger partial charge in [-0.25, -0.2) is 0 Å². The smallest absolute Gasteiger partial charge is 0.0699 e. The minimum Gasteiger partial charge on any atom is -0.391 e. The van der Waals surface area contributed by atoms with Gasteiger partial charge in [0.1, 0.15) is 0 Å². The monoisotopic (exact) mass is 332 g/mol. The molecular formula is C22H24N2O. The van der Waals surface area contributed by atoms with E-state index in [9.17, 15) is 5.11 Å². The van der Waals surface area contributed by atoms with Gasteiger partial charge in [-0.3, -0.25) is 4.90 Å². The average molecular weight is 332 g/mol. The number of hydrogen-bond acceptors (Lipinski definition) is 2. The first-order chi connectivity index (χ1) is 12.2. The first kappa shape index (κ1) is 15.2. The zero-order chi connectivity index (χ0) is 17.0. The van der Waals surface area contributed by atoms with E-state index >= 15 is 0 Å². The fourth-order valence-electron chi connectivity index (χ4n) is 4.96. The van der Waals surface area contributed by atoms with Crippen LogP contribution in [0.4, 0.5) is 0 Å². The van der Waals surface area contributed by atoms with Crippen LogP contribution < -0.4 is 0 Å². The highest BCUT2D eigenvalue weighted by molar-refractivity contribution is 5.88. The zero-order valence-electron chi connectivity index (χ0n) is 14.6. The summed E-state index contributed by atoms with van der Waals surface area (Å²) >= 11 is 0. The van der Waals surface area contributed by atoms with Crippen LogP contribution in [0, 0.1) is 6.92 Å². The van der Waals surface area contributed by atoms with Gasteiger partial charge < -0.3 is 10.1 Å². The van der Waals surface area contributed by atoms with E-state index < -0.39 is 0 Å². The Kier molecular flexibility index (Phi) is 3.47. The molecule has 25 heavy (non-hydrogen) atoms. The van der Waals surface area contributed by atoms with Gasteiger partial charge >= 0.3 is 0 Å². The second-order valence-corrected chi connectivity index (χ2v) is 7.60. The van der Waals surface area contributed by atoms with Crippen LogP contribution in [0.5, 0.6) is 0 Å². The number of hydrogen-bond donors (Lipinski definition) is 2. The van der Waals surface area contributed by atoms with Gasteiger partial charge in [-0.2, -0.15) is 0 Å². The molecule has 2 N–H and O–H groups in total. The maximum Gasteiger partial charge on any atom is 0.0699 e. The van der Waals surface area contributed by atoms with Gasteiger partial charge in [0.05, 0.1) is 12.1 Å². The Balaban J connectivity index is 1.62. The van der Waals surface area contributed by atoms with Gasteiger partial charge in [0, 0.05) is 29.2 Å². The van der Waals surface area contributed by atoms with Crippen LogP contribution in [0.1, 0.15) is 41.3 Å². The van der Waals surface area contributed by atoms with Crippen LogP contribution in [-0.4, -0.2) is 27.1 Å². The fourth-order valence-corrected chi connectivity index (χ4v) is 4.96. The number of nitrogens with zero attached hydrogens (tertiary/aromatic N) is 1. The van der Waals surface area contributed by atoms with Gasteiger partial charge in [-0.05, 0) is 48.9 Å². The molecule has 2 aliphatic heterocycles. The maximum atomic E-state index is 10.7. The number of aryl methyl sites for hydroxylation is 1. The summed E-state index contributed by atoms with van der Waals surface area (Å²) in [7, 11) is 0. The molecule has 3 atom stereocenters. The molecule has 0 radical (unpaired) electrons. The number of aromatic amines is 1. The van der Waals surface area contributed by atoms with Crippen molar-refractivity contribution in [1.29, 1.82) is 0 Å².